The first kappa shape index (κ1) is 15.5. The topological polar surface area (TPSA) is 9.23 Å². The number of benzene rings is 1. The van der Waals surface area contributed by atoms with Crippen LogP contribution in [0.5, 0.6) is 0 Å². The van der Waals surface area contributed by atoms with Gasteiger partial charge in [0.05, 0.1) is 12.7 Å². The number of rotatable bonds is 9. The molecule has 0 spiro atoms. The van der Waals surface area contributed by atoms with Gasteiger partial charge >= 0.3 is 0 Å². The quantitative estimate of drug-likeness (QED) is 0.570. The second kappa shape index (κ2) is 7.75. The first-order valence-corrected chi connectivity index (χ1v) is 6.69. The highest BCUT2D eigenvalue weighted by atomic mass is 16.5. The van der Waals surface area contributed by atoms with Crippen LogP contribution >= 0.6 is 0 Å². The van der Waals surface area contributed by atoms with Crippen molar-refractivity contribution in [3.63, 3.8) is 0 Å². The Bertz CT molecular complexity index is 397. The molecule has 1 aromatic carbocycles. The highest BCUT2D eigenvalue weighted by Crippen LogP contribution is 2.27. The molecule has 102 valence electrons. The van der Waals surface area contributed by atoms with Crippen LogP contribution in [0.4, 0.5) is 0 Å². The zero-order chi connectivity index (χ0) is 14.1. The third-order valence-electron chi connectivity index (χ3n) is 3.47. The van der Waals surface area contributed by atoms with Gasteiger partial charge in [-0.1, -0.05) is 55.5 Å². The minimum absolute atomic E-state index is 0.0304. The molecule has 0 heterocycles. The van der Waals surface area contributed by atoms with Crippen LogP contribution < -0.4 is 0 Å². The van der Waals surface area contributed by atoms with Crippen molar-refractivity contribution < 1.29 is 4.74 Å². The minimum Gasteiger partial charge on any atom is -0.369 e. The van der Waals surface area contributed by atoms with Crippen molar-refractivity contribution in [1.29, 1.82) is 0 Å². The molecule has 0 aliphatic carbocycles. The second-order valence-electron chi connectivity index (χ2n) is 5.02. The number of ether oxygens (including phenoxy) is 1. The SMILES string of the molecule is C=CC(CCC(C)(C=C)C=C)OCc1ccccc1. The summed E-state index contributed by atoms with van der Waals surface area (Å²) in [5, 5.41) is 0. The van der Waals surface area contributed by atoms with Gasteiger partial charge in [-0.3, -0.25) is 0 Å². The zero-order valence-corrected chi connectivity index (χ0v) is 11.8. The lowest BCUT2D eigenvalue weighted by Crippen LogP contribution is -2.16. The van der Waals surface area contributed by atoms with E-state index >= 15 is 0 Å². The lowest BCUT2D eigenvalue weighted by molar-refractivity contribution is 0.0617. The molecule has 0 fully saturated rings. The Hall–Kier alpha value is -1.60. The van der Waals surface area contributed by atoms with E-state index in [-0.39, 0.29) is 11.5 Å². The normalized spacial score (nSPS) is 12.7. The van der Waals surface area contributed by atoms with Crippen molar-refractivity contribution in [2.45, 2.75) is 32.5 Å². The smallest absolute Gasteiger partial charge is 0.0758 e. The Kier molecular flexibility index (Phi) is 6.31. The molecule has 1 heteroatoms. The Labute approximate surface area is 117 Å². The third kappa shape index (κ3) is 5.27. The predicted octanol–water partition coefficient (Wildman–Crippen LogP) is 4.92. The average molecular weight is 256 g/mol. The molecule has 0 aliphatic heterocycles. The van der Waals surface area contributed by atoms with Crippen LogP contribution in [0.25, 0.3) is 0 Å². The summed E-state index contributed by atoms with van der Waals surface area (Å²) in [5.74, 6) is 0. The molecular weight excluding hydrogens is 232 g/mol. The van der Waals surface area contributed by atoms with Crippen LogP contribution in [0, 0.1) is 5.41 Å². The van der Waals surface area contributed by atoms with Gasteiger partial charge in [-0.25, -0.2) is 0 Å². The summed E-state index contributed by atoms with van der Waals surface area (Å²) >= 11 is 0. The van der Waals surface area contributed by atoms with E-state index in [0.29, 0.717) is 6.61 Å². The maximum Gasteiger partial charge on any atom is 0.0758 e. The molecule has 0 radical (unpaired) electrons. The molecule has 1 rings (SSSR count). The molecule has 1 aromatic rings. The van der Waals surface area contributed by atoms with Gasteiger partial charge in [0.15, 0.2) is 0 Å². The van der Waals surface area contributed by atoms with Crippen molar-refractivity contribution in [3.05, 3.63) is 73.9 Å². The molecule has 0 bridgehead atoms. The van der Waals surface area contributed by atoms with Crippen molar-refractivity contribution in [2.75, 3.05) is 0 Å². The zero-order valence-electron chi connectivity index (χ0n) is 11.8. The van der Waals surface area contributed by atoms with Crippen LogP contribution in [0.3, 0.4) is 0 Å². The van der Waals surface area contributed by atoms with E-state index in [1.165, 1.54) is 5.56 Å². The largest absolute Gasteiger partial charge is 0.369 e. The molecule has 0 aliphatic rings. The second-order valence-corrected chi connectivity index (χ2v) is 5.02. The summed E-state index contributed by atoms with van der Waals surface area (Å²) in [6.07, 6.45) is 7.71. The molecule has 0 saturated carbocycles. The Balaban J connectivity index is 2.44. The molecule has 1 unspecified atom stereocenters. The highest BCUT2D eigenvalue weighted by Gasteiger charge is 2.17. The first-order chi connectivity index (χ1) is 9.13. The van der Waals surface area contributed by atoms with Crippen LogP contribution in [-0.4, -0.2) is 6.10 Å². The fraction of sp³-hybridized carbons (Fsp3) is 0.333. The summed E-state index contributed by atoms with van der Waals surface area (Å²) < 4.78 is 5.88. The maximum absolute atomic E-state index is 5.88. The summed E-state index contributed by atoms with van der Waals surface area (Å²) in [6, 6.07) is 10.2. The van der Waals surface area contributed by atoms with Gasteiger partial charge in [-0.15, -0.1) is 19.7 Å². The molecule has 1 nitrogen and oxygen atoms in total. The lowest BCUT2D eigenvalue weighted by atomic mass is 9.85. The maximum atomic E-state index is 5.88. The average Bonchev–Trinajstić information content (AvgIpc) is 2.48. The molecule has 0 amide bonds. The molecule has 0 aromatic heterocycles. The first-order valence-electron chi connectivity index (χ1n) is 6.69. The summed E-state index contributed by atoms with van der Waals surface area (Å²) in [4.78, 5) is 0. The molecule has 0 saturated heterocycles. The Morgan fingerprint density at radius 1 is 1.16 bits per heavy atom. The van der Waals surface area contributed by atoms with Crippen LogP contribution in [0.15, 0.2) is 68.3 Å². The van der Waals surface area contributed by atoms with Gasteiger partial charge in [-0.05, 0) is 18.4 Å². The Morgan fingerprint density at radius 2 is 1.79 bits per heavy atom. The van der Waals surface area contributed by atoms with Gasteiger partial charge in [0.2, 0.25) is 0 Å². The summed E-state index contributed by atoms with van der Waals surface area (Å²) in [6.45, 7) is 14.3. The Morgan fingerprint density at radius 3 is 2.32 bits per heavy atom. The van der Waals surface area contributed by atoms with E-state index < -0.39 is 0 Å². The third-order valence-corrected chi connectivity index (χ3v) is 3.47. The van der Waals surface area contributed by atoms with Crippen molar-refractivity contribution in [1.82, 2.24) is 0 Å². The summed E-state index contributed by atoms with van der Waals surface area (Å²) in [7, 11) is 0. The van der Waals surface area contributed by atoms with Crippen LogP contribution in [0.2, 0.25) is 0 Å². The standard InChI is InChI=1S/C18H24O/c1-5-17(13-14-18(4,6-2)7-3)19-15-16-11-9-8-10-12-16/h5-12,17H,1-3,13-15H2,4H3. The van der Waals surface area contributed by atoms with Crippen molar-refractivity contribution >= 4 is 0 Å². The van der Waals surface area contributed by atoms with E-state index in [0.717, 1.165) is 12.8 Å². The lowest BCUT2D eigenvalue weighted by Gasteiger charge is -2.23. The van der Waals surface area contributed by atoms with Crippen molar-refractivity contribution in [3.8, 4) is 0 Å². The van der Waals surface area contributed by atoms with E-state index in [2.05, 4.69) is 38.8 Å². The van der Waals surface area contributed by atoms with Gasteiger partial charge in [0.25, 0.3) is 0 Å². The highest BCUT2D eigenvalue weighted by molar-refractivity contribution is 5.13. The van der Waals surface area contributed by atoms with Gasteiger partial charge in [-0.2, -0.15) is 0 Å². The number of allylic oxidation sites excluding steroid dienone is 2. The van der Waals surface area contributed by atoms with Crippen molar-refractivity contribution in [2.24, 2.45) is 5.41 Å². The fourth-order valence-electron chi connectivity index (χ4n) is 1.79. The van der Waals surface area contributed by atoms with E-state index in [1.54, 1.807) is 0 Å². The van der Waals surface area contributed by atoms with Gasteiger partial charge in [0.1, 0.15) is 0 Å². The summed E-state index contributed by atoms with van der Waals surface area (Å²) in [5.41, 5.74) is 1.15. The van der Waals surface area contributed by atoms with Gasteiger partial charge < -0.3 is 4.74 Å². The van der Waals surface area contributed by atoms with E-state index in [4.69, 9.17) is 4.74 Å². The molecule has 19 heavy (non-hydrogen) atoms. The number of hydrogen-bond donors (Lipinski definition) is 0. The molecule has 1 atom stereocenters. The van der Waals surface area contributed by atoms with Crippen LogP contribution in [-0.2, 0) is 11.3 Å². The van der Waals surface area contributed by atoms with Gasteiger partial charge in [0, 0.05) is 5.41 Å². The monoisotopic (exact) mass is 256 g/mol. The minimum atomic E-state index is -0.0304. The van der Waals surface area contributed by atoms with Crippen LogP contribution in [0.1, 0.15) is 25.3 Å². The number of hydrogen-bond acceptors (Lipinski definition) is 1. The predicted molar refractivity (Wildman–Crippen MR) is 83.0 cm³/mol. The van der Waals surface area contributed by atoms with E-state index in [1.807, 2.05) is 36.4 Å². The fourth-order valence-corrected chi connectivity index (χ4v) is 1.79. The molecular formula is C18H24O. The molecule has 0 N–H and O–H groups in total. The van der Waals surface area contributed by atoms with E-state index in [9.17, 15) is 0 Å².